The minimum absolute atomic E-state index is 0.400. The molecule has 3 aromatic rings. The van der Waals surface area contributed by atoms with Crippen LogP contribution in [0, 0.1) is 6.92 Å². The second-order valence-corrected chi connectivity index (χ2v) is 3.95. The Labute approximate surface area is 97.7 Å². The Balaban J connectivity index is 2.34. The topological polar surface area (TPSA) is 74.5 Å². The van der Waals surface area contributed by atoms with Crippen LogP contribution in [0.2, 0.25) is 0 Å². The molecule has 3 heterocycles. The van der Waals surface area contributed by atoms with E-state index in [4.69, 9.17) is 5.73 Å². The number of anilines is 1. The van der Waals surface area contributed by atoms with Crippen LogP contribution in [0.3, 0.4) is 0 Å². The van der Waals surface area contributed by atoms with E-state index in [0.717, 1.165) is 22.7 Å². The van der Waals surface area contributed by atoms with Gasteiger partial charge in [0, 0.05) is 25.0 Å². The molecule has 3 aromatic heterocycles. The summed E-state index contributed by atoms with van der Waals surface area (Å²) in [6.45, 7) is 1.94. The predicted octanol–water partition coefficient (Wildman–Crippen LogP) is 1.04. The molecule has 0 spiro atoms. The molecule has 0 atom stereocenters. The van der Waals surface area contributed by atoms with E-state index in [1.165, 1.54) is 0 Å². The second-order valence-electron chi connectivity index (χ2n) is 3.95. The summed E-state index contributed by atoms with van der Waals surface area (Å²) in [4.78, 5) is 8.72. The molecule has 0 amide bonds. The highest BCUT2D eigenvalue weighted by Crippen LogP contribution is 2.20. The van der Waals surface area contributed by atoms with Gasteiger partial charge in [0.25, 0.3) is 0 Å². The molecule has 0 aliphatic carbocycles. The number of aryl methyl sites for hydroxylation is 2. The van der Waals surface area contributed by atoms with Crippen molar-refractivity contribution in [2.75, 3.05) is 5.73 Å². The third-order valence-electron chi connectivity index (χ3n) is 2.60. The number of hydrogen-bond acceptors (Lipinski definition) is 4. The zero-order valence-corrected chi connectivity index (χ0v) is 9.62. The largest absolute Gasteiger partial charge is 0.369 e. The maximum absolute atomic E-state index is 5.91. The van der Waals surface area contributed by atoms with Crippen molar-refractivity contribution in [3.63, 3.8) is 0 Å². The number of nitrogens with zero attached hydrogens (tertiary/aromatic N) is 5. The maximum atomic E-state index is 5.91. The van der Waals surface area contributed by atoms with E-state index in [-0.39, 0.29) is 0 Å². The highest BCUT2D eigenvalue weighted by Gasteiger charge is 2.12. The van der Waals surface area contributed by atoms with Crippen molar-refractivity contribution in [2.24, 2.45) is 7.05 Å². The van der Waals surface area contributed by atoms with Gasteiger partial charge in [-0.2, -0.15) is 5.10 Å². The molecular weight excluding hydrogens is 216 g/mol. The molecule has 0 saturated carbocycles. The molecule has 0 aromatic carbocycles. The number of hydrogen-bond donors (Lipinski definition) is 1. The molecule has 6 heteroatoms. The number of aromatic nitrogens is 5. The van der Waals surface area contributed by atoms with Crippen LogP contribution in [0.5, 0.6) is 0 Å². The molecule has 0 bridgehead atoms. The van der Waals surface area contributed by atoms with E-state index >= 15 is 0 Å². The number of rotatable bonds is 1. The summed E-state index contributed by atoms with van der Waals surface area (Å²) in [6, 6.07) is 5.70. The van der Waals surface area contributed by atoms with Gasteiger partial charge < -0.3 is 5.73 Å². The molecule has 6 nitrogen and oxygen atoms in total. The molecular formula is C11H12N6. The van der Waals surface area contributed by atoms with Crippen molar-refractivity contribution in [1.82, 2.24) is 24.3 Å². The van der Waals surface area contributed by atoms with Gasteiger partial charge in [0.2, 0.25) is 5.95 Å². The van der Waals surface area contributed by atoms with Crippen LogP contribution in [0.4, 0.5) is 5.95 Å². The lowest BCUT2D eigenvalue weighted by molar-refractivity contribution is 0.754. The monoisotopic (exact) mass is 228 g/mol. The molecule has 0 aliphatic heterocycles. The smallest absolute Gasteiger partial charge is 0.208 e. The Morgan fingerprint density at radius 1 is 1.18 bits per heavy atom. The summed E-state index contributed by atoms with van der Waals surface area (Å²) >= 11 is 0. The van der Waals surface area contributed by atoms with Gasteiger partial charge in [-0.25, -0.2) is 14.5 Å². The van der Waals surface area contributed by atoms with Crippen molar-refractivity contribution < 1.29 is 0 Å². The van der Waals surface area contributed by atoms with Crippen LogP contribution < -0.4 is 5.73 Å². The van der Waals surface area contributed by atoms with Crippen LogP contribution in [0.1, 0.15) is 5.69 Å². The van der Waals surface area contributed by atoms with E-state index in [0.29, 0.717) is 5.95 Å². The number of pyridine rings is 1. The average molecular weight is 228 g/mol. The zero-order chi connectivity index (χ0) is 12.0. The van der Waals surface area contributed by atoms with E-state index < -0.39 is 0 Å². The molecule has 0 fully saturated rings. The Kier molecular flexibility index (Phi) is 1.91. The highest BCUT2D eigenvalue weighted by atomic mass is 15.3. The summed E-state index contributed by atoms with van der Waals surface area (Å²) in [5.41, 5.74) is 8.35. The van der Waals surface area contributed by atoms with Gasteiger partial charge >= 0.3 is 0 Å². The van der Waals surface area contributed by atoms with Crippen molar-refractivity contribution in [3.05, 3.63) is 30.1 Å². The van der Waals surface area contributed by atoms with Gasteiger partial charge in [-0.3, -0.25) is 4.68 Å². The average Bonchev–Trinajstić information content (AvgIpc) is 2.81. The number of fused-ring (bicyclic) bond motifs is 1. The molecule has 0 aliphatic rings. The first-order chi connectivity index (χ1) is 8.15. The van der Waals surface area contributed by atoms with Gasteiger partial charge in [-0.1, -0.05) is 0 Å². The lowest BCUT2D eigenvalue weighted by Gasteiger charge is -2.01. The molecule has 17 heavy (non-hydrogen) atoms. The van der Waals surface area contributed by atoms with Crippen molar-refractivity contribution in [3.8, 4) is 5.82 Å². The van der Waals surface area contributed by atoms with E-state index in [1.54, 1.807) is 9.25 Å². The molecule has 0 saturated heterocycles. The minimum atomic E-state index is 0.400. The Morgan fingerprint density at radius 2 is 2.00 bits per heavy atom. The number of nitrogens with two attached hydrogens (primary N) is 1. The summed E-state index contributed by atoms with van der Waals surface area (Å²) < 4.78 is 3.47. The number of nitrogen functional groups attached to an aromatic ring is 1. The quantitative estimate of drug-likeness (QED) is 0.675. The van der Waals surface area contributed by atoms with Gasteiger partial charge in [0.05, 0.1) is 0 Å². The fraction of sp³-hybridized carbons (Fsp3) is 0.182. The fourth-order valence-electron chi connectivity index (χ4n) is 1.82. The first-order valence-corrected chi connectivity index (χ1v) is 5.27. The zero-order valence-electron chi connectivity index (χ0n) is 9.62. The van der Waals surface area contributed by atoms with Crippen LogP contribution in [-0.2, 0) is 7.05 Å². The van der Waals surface area contributed by atoms with Crippen molar-refractivity contribution >= 4 is 17.1 Å². The lowest BCUT2D eigenvalue weighted by atomic mass is 10.3. The number of imidazole rings is 1. The maximum Gasteiger partial charge on any atom is 0.208 e. The molecule has 0 radical (unpaired) electrons. The summed E-state index contributed by atoms with van der Waals surface area (Å²) in [5, 5.41) is 4.31. The van der Waals surface area contributed by atoms with E-state index in [2.05, 4.69) is 15.1 Å². The van der Waals surface area contributed by atoms with Crippen LogP contribution in [0.25, 0.3) is 17.0 Å². The van der Waals surface area contributed by atoms with Gasteiger partial charge in [0.1, 0.15) is 5.52 Å². The Bertz CT molecular complexity index is 693. The second kappa shape index (κ2) is 3.31. The molecule has 2 N–H and O–H groups in total. The summed E-state index contributed by atoms with van der Waals surface area (Å²) in [5.74, 6) is 1.13. The van der Waals surface area contributed by atoms with Gasteiger partial charge in [-0.15, -0.1) is 0 Å². The van der Waals surface area contributed by atoms with Crippen LogP contribution >= 0.6 is 0 Å². The van der Waals surface area contributed by atoms with Crippen LogP contribution in [0.15, 0.2) is 24.4 Å². The third kappa shape index (κ3) is 1.45. The third-order valence-corrected chi connectivity index (χ3v) is 2.60. The van der Waals surface area contributed by atoms with E-state index in [9.17, 15) is 0 Å². The van der Waals surface area contributed by atoms with Crippen molar-refractivity contribution in [2.45, 2.75) is 6.92 Å². The normalized spacial score (nSPS) is 11.2. The Morgan fingerprint density at radius 3 is 2.71 bits per heavy atom. The highest BCUT2D eigenvalue weighted by molar-refractivity contribution is 5.76. The van der Waals surface area contributed by atoms with Gasteiger partial charge in [0.15, 0.2) is 11.5 Å². The molecule has 0 unspecified atom stereocenters. The first kappa shape index (κ1) is 9.83. The standard InChI is InChI=1S/C11H12N6/c1-7-3-4-8-10(13-7)17(11(12)14-8)9-5-6-16(2)15-9/h3-6H,1-2H3,(H2,12,14). The summed E-state index contributed by atoms with van der Waals surface area (Å²) in [6.07, 6.45) is 1.86. The van der Waals surface area contributed by atoms with Crippen LogP contribution in [-0.4, -0.2) is 24.3 Å². The van der Waals surface area contributed by atoms with Crippen molar-refractivity contribution in [1.29, 1.82) is 0 Å². The molecule has 86 valence electrons. The fourth-order valence-corrected chi connectivity index (χ4v) is 1.82. The Hall–Kier alpha value is -2.37. The molecule has 3 rings (SSSR count). The minimum Gasteiger partial charge on any atom is -0.369 e. The van der Waals surface area contributed by atoms with E-state index in [1.807, 2.05) is 38.4 Å². The SMILES string of the molecule is Cc1ccc2nc(N)n(-c3ccn(C)n3)c2n1. The predicted molar refractivity (Wildman–Crippen MR) is 64.8 cm³/mol. The summed E-state index contributed by atoms with van der Waals surface area (Å²) in [7, 11) is 1.86. The first-order valence-electron chi connectivity index (χ1n) is 5.27. The lowest BCUT2D eigenvalue weighted by Crippen LogP contribution is -2.03. The van der Waals surface area contributed by atoms with Gasteiger partial charge in [-0.05, 0) is 19.1 Å².